The quantitative estimate of drug-likeness (QED) is 0.789. The summed E-state index contributed by atoms with van der Waals surface area (Å²) in [5, 5.41) is 2.83. The van der Waals surface area contributed by atoms with Gasteiger partial charge in [-0.05, 0) is 31.0 Å². The maximum absolute atomic E-state index is 12.3. The van der Waals surface area contributed by atoms with Gasteiger partial charge < -0.3 is 5.32 Å². The lowest BCUT2D eigenvalue weighted by atomic mass is 9.93. The van der Waals surface area contributed by atoms with Crippen molar-refractivity contribution in [3.05, 3.63) is 29.8 Å². The minimum Gasteiger partial charge on any atom is -0.336 e. The number of rotatable bonds is 6. The second kappa shape index (κ2) is 6.64. The molecule has 114 valence electrons. The summed E-state index contributed by atoms with van der Waals surface area (Å²) in [5.74, 6) is 2.30. The van der Waals surface area contributed by atoms with E-state index < -0.39 is 15.6 Å². The molecule has 0 saturated carbocycles. The SMILES string of the molecule is C#CC(CC)(CC)NC(=O)c1cccc(NS(C)(=O)=O)c1. The zero-order chi connectivity index (χ0) is 16.1. The lowest BCUT2D eigenvalue weighted by Gasteiger charge is -2.27. The van der Waals surface area contributed by atoms with E-state index in [2.05, 4.69) is 16.0 Å². The number of terminal acetylenes is 1. The molecule has 0 aliphatic carbocycles. The monoisotopic (exact) mass is 308 g/mol. The van der Waals surface area contributed by atoms with Crippen LogP contribution >= 0.6 is 0 Å². The van der Waals surface area contributed by atoms with Crippen LogP contribution in [0.3, 0.4) is 0 Å². The topological polar surface area (TPSA) is 75.3 Å². The van der Waals surface area contributed by atoms with Crippen LogP contribution in [0, 0.1) is 12.3 Å². The third-order valence-corrected chi connectivity index (χ3v) is 3.87. The van der Waals surface area contributed by atoms with Crippen molar-refractivity contribution in [3.8, 4) is 12.3 Å². The summed E-state index contributed by atoms with van der Waals surface area (Å²) < 4.78 is 24.8. The molecule has 1 aromatic rings. The number of nitrogens with one attached hydrogen (secondary N) is 2. The first-order chi connectivity index (χ1) is 9.75. The first-order valence-electron chi connectivity index (χ1n) is 6.63. The standard InChI is InChI=1S/C15H20N2O3S/c1-5-15(6-2,7-3)16-14(18)12-9-8-10-13(11-12)17-21(4,19)20/h1,8-11,17H,6-7H2,2-4H3,(H,16,18). The third-order valence-electron chi connectivity index (χ3n) is 3.26. The molecule has 1 aromatic carbocycles. The molecule has 0 atom stereocenters. The predicted molar refractivity (Wildman–Crippen MR) is 84.5 cm³/mol. The van der Waals surface area contributed by atoms with E-state index in [4.69, 9.17) is 6.42 Å². The van der Waals surface area contributed by atoms with Crippen LogP contribution in [0.1, 0.15) is 37.0 Å². The van der Waals surface area contributed by atoms with Gasteiger partial charge in [0.2, 0.25) is 10.0 Å². The van der Waals surface area contributed by atoms with Crippen molar-refractivity contribution >= 4 is 21.6 Å². The molecule has 5 nitrogen and oxygen atoms in total. The highest BCUT2D eigenvalue weighted by molar-refractivity contribution is 7.92. The van der Waals surface area contributed by atoms with Crippen molar-refractivity contribution in [1.29, 1.82) is 0 Å². The Morgan fingerprint density at radius 3 is 2.43 bits per heavy atom. The average Bonchev–Trinajstić information content (AvgIpc) is 2.43. The van der Waals surface area contributed by atoms with Crippen LogP contribution in [-0.4, -0.2) is 26.1 Å². The minimum atomic E-state index is -3.38. The van der Waals surface area contributed by atoms with E-state index in [9.17, 15) is 13.2 Å². The predicted octanol–water partition coefficient (Wildman–Crippen LogP) is 1.98. The van der Waals surface area contributed by atoms with Crippen molar-refractivity contribution in [2.45, 2.75) is 32.2 Å². The molecule has 0 aromatic heterocycles. The molecule has 1 amide bonds. The molecule has 0 unspecified atom stereocenters. The zero-order valence-electron chi connectivity index (χ0n) is 12.4. The number of carbonyl (C=O) groups excluding carboxylic acids is 1. The van der Waals surface area contributed by atoms with E-state index in [1.807, 2.05) is 13.8 Å². The first kappa shape index (κ1) is 17.1. The molecule has 0 heterocycles. The largest absolute Gasteiger partial charge is 0.336 e. The van der Waals surface area contributed by atoms with Gasteiger partial charge in [-0.2, -0.15) is 0 Å². The maximum Gasteiger partial charge on any atom is 0.252 e. The summed E-state index contributed by atoms with van der Waals surface area (Å²) in [6.45, 7) is 3.82. The molecular formula is C15H20N2O3S. The zero-order valence-corrected chi connectivity index (χ0v) is 13.3. The summed E-state index contributed by atoms with van der Waals surface area (Å²) in [5.41, 5.74) is 0.00629. The van der Waals surface area contributed by atoms with Crippen LogP contribution < -0.4 is 10.0 Å². The molecule has 0 spiro atoms. The molecule has 0 saturated heterocycles. The van der Waals surface area contributed by atoms with Crippen LogP contribution in [-0.2, 0) is 10.0 Å². The summed E-state index contributed by atoms with van der Waals surface area (Å²) in [6, 6.07) is 6.27. The smallest absolute Gasteiger partial charge is 0.252 e. The van der Waals surface area contributed by atoms with E-state index in [1.54, 1.807) is 18.2 Å². The van der Waals surface area contributed by atoms with Crippen LogP contribution in [0.15, 0.2) is 24.3 Å². The van der Waals surface area contributed by atoms with Crippen molar-refractivity contribution in [2.75, 3.05) is 11.0 Å². The number of anilines is 1. The first-order valence-corrected chi connectivity index (χ1v) is 8.52. The van der Waals surface area contributed by atoms with Crippen molar-refractivity contribution in [1.82, 2.24) is 5.32 Å². The minimum absolute atomic E-state index is 0.325. The van der Waals surface area contributed by atoms with Gasteiger partial charge in [0.25, 0.3) is 5.91 Å². The van der Waals surface area contributed by atoms with E-state index in [0.29, 0.717) is 24.1 Å². The molecule has 0 fully saturated rings. The van der Waals surface area contributed by atoms with Gasteiger partial charge in [-0.15, -0.1) is 6.42 Å². The maximum atomic E-state index is 12.3. The number of hydrogen-bond acceptors (Lipinski definition) is 3. The summed E-state index contributed by atoms with van der Waals surface area (Å²) in [4.78, 5) is 12.3. The molecule has 2 N–H and O–H groups in total. The third kappa shape index (κ3) is 4.80. The summed E-state index contributed by atoms with van der Waals surface area (Å²) in [7, 11) is -3.38. The Hall–Kier alpha value is -2.00. The van der Waals surface area contributed by atoms with Gasteiger partial charge in [0.15, 0.2) is 0 Å². The fraction of sp³-hybridized carbons (Fsp3) is 0.400. The molecule has 0 aliphatic rings. The Kier molecular flexibility index (Phi) is 5.39. The summed E-state index contributed by atoms with van der Waals surface area (Å²) in [6.07, 6.45) is 7.80. The van der Waals surface area contributed by atoms with Crippen LogP contribution in [0.2, 0.25) is 0 Å². The summed E-state index contributed by atoms with van der Waals surface area (Å²) >= 11 is 0. The number of benzene rings is 1. The molecule has 21 heavy (non-hydrogen) atoms. The van der Waals surface area contributed by atoms with E-state index in [0.717, 1.165) is 6.26 Å². The van der Waals surface area contributed by atoms with Gasteiger partial charge >= 0.3 is 0 Å². The molecule has 0 radical (unpaired) electrons. The molecular weight excluding hydrogens is 288 g/mol. The number of amides is 1. The van der Waals surface area contributed by atoms with Gasteiger partial charge in [0.05, 0.1) is 6.26 Å². The lowest BCUT2D eigenvalue weighted by molar-refractivity contribution is 0.0916. The second-order valence-electron chi connectivity index (χ2n) is 4.84. The molecule has 6 heteroatoms. The van der Waals surface area contributed by atoms with Crippen LogP contribution in [0.25, 0.3) is 0 Å². The van der Waals surface area contributed by atoms with E-state index in [-0.39, 0.29) is 5.91 Å². The van der Waals surface area contributed by atoms with E-state index >= 15 is 0 Å². The van der Waals surface area contributed by atoms with Crippen LogP contribution in [0.4, 0.5) is 5.69 Å². The van der Waals surface area contributed by atoms with Gasteiger partial charge in [-0.3, -0.25) is 9.52 Å². The highest BCUT2D eigenvalue weighted by atomic mass is 32.2. The molecule has 1 rings (SSSR count). The molecule has 0 bridgehead atoms. The normalized spacial score (nSPS) is 11.5. The van der Waals surface area contributed by atoms with Gasteiger partial charge in [0.1, 0.15) is 5.54 Å². The highest BCUT2D eigenvalue weighted by Crippen LogP contribution is 2.17. The Morgan fingerprint density at radius 2 is 1.95 bits per heavy atom. The van der Waals surface area contributed by atoms with E-state index in [1.165, 1.54) is 6.07 Å². The fourth-order valence-electron chi connectivity index (χ4n) is 1.89. The van der Waals surface area contributed by atoms with Gasteiger partial charge in [-0.25, -0.2) is 8.42 Å². The Balaban J connectivity index is 2.99. The van der Waals surface area contributed by atoms with Crippen molar-refractivity contribution in [3.63, 3.8) is 0 Å². The second-order valence-corrected chi connectivity index (χ2v) is 6.59. The number of hydrogen-bond donors (Lipinski definition) is 2. The van der Waals surface area contributed by atoms with Crippen molar-refractivity contribution in [2.24, 2.45) is 0 Å². The van der Waals surface area contributed by atoms with Crippen LogP contribution in [0.5, 0.6) is 0 Å². The lowest BCUT2D eigenvalue weighted by Crippen LogP contribution is -2.46. The fourth-order valence-corrected chi connectivity index (χ4v) is 2.45. The van der Waals surface area contributed by atoms with Gasteiger partial charge in [0, 0.05) is 11.3 Å². The number of sulfonamides is 1. The average molecular weight is 308 g/mol. The number of carbonyl (C=O) groups is 1. The Labute approximate surface area is 126 Å². The van der Waals surface area contributed by atoms with Crippen molar-refractivity contribution < 1.29 is 13.2 Å². The van der Waals surface area contributed by atoms with Gasteiger partial charge in [-0.1, -0.05) is 25.8 Å². The Bertz CT molecular complexity index is 656. The highest BCUT2D eigenvalue weighted by Gasteiger charge is 2.25. The Morgan fingerprint density at radius 1 is 1.33 bits per heavy atom. The molecule has 0 aliphatic heterocycles.